The van der Waals surface area contributed by atoms with Gasteiger partial charge in [-0.1, -0.05) is 45.2 Å². The lowest BCUT2D eigenvalue weighted by atomic mass is 10.1. The van der Waals surface area contributed by atoms with Crippen molar-refractivity contribution in [3.05, 3.63) is 266 Å². The lowest BCUT2D eigenvalue weighted by molar-refractivity contribution is 0.0195. The van der Waals surface area contributed by atoms with E-state index in [0.29, 0.717) is 150 Å². The van der Waals surface area contributed by atoms with Crippen molar-refractivity contribution in [2.75, 3.05) is 129 Å². The number of aryl methyl sites for hydroxylation is 3. The van der Waals surface area contributed by atoms with Crippen molar-refractivity contribution in [1.82, 2.24) is 64.9 Å². The Kier molecular flexibility index (Phi) is 56.8. The van der Waals surface area contributed by atoms with Gasteiger partial charge in [0.2, 0.25) is 0 Å². The molecule has 3 aliphatic rings. The Morgan fingerprint density at radius 2 is 0.793 bits per heavy atom. The third-order valence-corrected chi connectivity index (χ3v) is 26.0. The first kappa shape index (κ1) is 129. The lowest BCUT2D eigenvalue weighted by Gasteiger charge is -2.27. The number of pyridine rings is 9. The molecule has 808 valence electrons. The molecule has 13 rings (SSSR count). The summed E-state index contributed by atoms with van der Waals surface area (Å²) in [6, 6.07) is 22.1. The van der Waals surface area contributed by atoms with Crippen LogP contribution >= 0.6 is 146 Å². The van der Waals surface area contributed by atoms with Crippen LogP contribution in [0, 0.1) is 17.5 Å². The van der Waals surface area contributed by atoms with Gasteiger partial charge in [0.1, 0.15) is 68.5 Å². The number of hydrogen-bond donors (Lipinski definition) is 4. The number of carbonyl (C=O) groups is 12. The minimum atomic E-state index is -0.635. The van der Waals surface area contributed by atoms with Crippen LogP contribution in [0.1, 0.15) is 193 Å². The molecule has 150 heavy (non-hydrogen) atoms. The van der Waals surface area contributed by atoms with E-state index in [4.69, 9.17) is 45.5 Å². The minimum absolute atomic E-state index is 0.113. The Labute approximate surface area is 943 Å². The van der Waals surface area contributed by atoms with Crippen LogP contribution in [0.15, 0.2) is 161 Å². The van der Waals surface area contributed by atoms with Crippen LogP contribution in [-0.4, -0.2) is 276 Å². The highest BCUT2D eigenvalue weighted by Crippen LogP contribution is 2.30. The van der Waals surface area contributed by atoms with Crippen molar-refractivity contribution < 1.29 is 134 Å². The number of urea groups is 1. The van der Waals surface area contributed by atoms with Gasteiger partial charge < -0.3 is 92.1 Å². The van der Waals surface area contributed by atoms with E-state index in [-0.39, 0.29) is 56.8 Å². The van der Waals surface area contributed by atoms with Crippen LogP contribution in [0.5, 0.6) is 17.2 Å². The van der Waals surface area contributed by atoms with Crippen LogP contribution in [0.25, 0.3) is 0 Å². The Hall–Kier alpha value is -11.7. The first-order valence-corrected chi connectivity index (χ1v) is 51.9. The van der Waals surface area contributed by atoms with E-state index < -0.39 is 59.2 Å². The van der Waals surface area contributed by atoms with Crippen LogP contribution < -0.4 is 24.8 Å². The van der Waals surface area contributed by atoms with E-state index >= 15 is 0 Å². The van der Waals surface area contributed by atoms with E-state index in [2.05, 4.69) is 232 Å². The number of alkyl halides is 1. The van der Waals surface area contributed by atoms with E-state index in [1.165, 1.54) is 130 Å². The SMILES string of the molecule is COC(=O)c1cnc(C)c(Br)c1.COC(=O)c1cnc(CBr)c(Br)c1.COC(=O)c1cnc(CCCCO)c(Br)c1.COC(=O)c1cnc(CN(CCO)C(=O)OC(C)(C)C)c(Br)c1.COC(=O)c1cnc(Cl)c(Br)c1.COC(=O)c1cnc(I)c(Br)c1.COC(=O)c1cnc2c(c1)OCCN(C(=O)Nc1ccc(C)cc1)C2.COC(=O)c1cnc2c(c1)OCCN(C(=O)OC(C)(C)C)C2.COC(=O)c1cnc2c(c1)OCCNC2. The van der Waals surface area contributed by atoms with Crippen LogP contribution in [0.4, 0.5) is 20.1 Å². The van der Waals surface area contributed by atoms with Gasteiger partial charge in [-0.3, -0.25) is 44.7 Å². The Bertz CT molecular complexity index is 6130. The fourth-order valence-corrected chi connectivity index (χ4v) is 15.4. The normalized spacial score (nSPS) is 11.7. The predicted octanol–water partition coefficient (Wildman–Crippen LogP) is 18.2. The fourth-order valence-electron chi connectivity index (χ4n) is 11.6. The summed E-state index contributed by atoms with van der Waals surface area (Å²) in [5.74, 6) is -2.17. The number of fused-ring (bicyclic) bond motifs is 3. The molecule has 0 aliphatic carbocycles. The first-order chi connectivity index (χ1) is 71.2. The highest BCUT2D eigenvalue weighted by Gasteiger charge is 2.30. The molecule has 10 aromatic rings. The van der Waals surface area contributed by atoms with Gasteiger partial charge >= 0.3 is 71.9 Å². The average molecular weight is 2670 g/mol. The third kappa shape index (κ3) is 44.3. The molecule has 0 atom stereocenters. The molecule has 0 bridgehead atoms. The number of aliphatic hydroxyl groups is 2. The van der Waals surface area contributed by atoms with Crippen molar-refractivity contribution in [2.24, 2.45) is 0 Å². The number of rotatable bonds is 19. The molecule has 0 radical (unpaired) electrons. The summed E-state index contributed by atoms with van der Waals surface area (Å²) in [4.78, 5) is 179. The number of aliphatic hydroxyl groups excluding tert-OH is 2. The molecule has 0 saturated carbocycles. The minimum Gasteiger partial charge on any atom is -0.490 e. The second-order valence-corrected chi connectivity index (χ2v) is 39.5. The number of benzene rings is 1. The van der Waals surface area contributed by atoms with Gasteiger partial charge in [0, 0.05) is 111 Å². The summed E-state index contributed by atoms with van der Waals surface area (Å²) in [6.07, 6.45) is 14.5. The molecule has 0 spiro atoms. The third-order valence-electron chi connectivity index (χ3n) is 19.3. The number of aromatic nitrogens is 9. The number of esters is 9. The summed E-state index contributed by atoms with van der Waals surface area (Å²) in [5.41, 5.74) is 9.29. The van der Waals surface area contributed by atoms with Crippen LogP contribution in [-0.2, 0) is 90.0 Å². The summed E-state index contributed by atoms with van der Waals surface area (Å²) < 4.78 is 73.8. The molecular weight excluding hydrogens is 2550 g/mol. The van der Waals surface area contributed by atoms with Crippen molar-refractivity contribution in [3.8, 4) is 17.2 Å². The van der Waals surface area contributed by atoms with Crippen molar-refractivity contribution in [1.29, 1.82) is 0 Å². The molecule has 0 unspecified atom stereocenters. The number of methoxy groups -OCH3 is 9. The summed E-state index contributed by atoms with van der Waals surface area (Å²) in [5, 5.41) is 24.8. The number of anilines is 1. The van der Waals surface area contributed by atoms with Gasteiger partial charge in [-0.25, -0.2) is 67.5 Å². The van der Waals surface area contributed by atoms with Crippen molar-refractivity contribution in [3.63, 3.8) is 0 Å². The zero-order chi connectivity index (χ0) is 112. The molecule has 0 saturated heterocycles. The smallest absolute Gasteiger partial charge is 0.410 e. The number of halogens is 9. The zero-order valence-electron chi connectivity index (χ0n) is 84.5. The van der Waals surface area contributed by atoms with E-state index in [1.54, 1.807) is 80.3 Å². The van der Waals surface area contributed by atoms with Gasteiger partial charge in [-0.05, 0) is 260 Å². The predicted molar refractivity (Wildman–Crippen MR) is 581 cm³/mol. The highest BCUT2D eigenvalue weighted by molar-refractivity contribution is 14.1. The second-order valence-electron chi connectivity index (χ2n) is 32.5. The standard InChI is InChI=1S/C18H19N3O4.C15H21BrN2O5.C15H20N2O5.C11H14BrNO3.C10H12N2O3.C8H7Br2NO2.C8H8BrNO2.C7H5BrClNO2.C7H5BrINO2/c1-12-3-5-14(6-4-12)20-18(23)21-7-8-25-16-9-13(17(22)24-2)10-19-15(16)11-21;1-15(2,3)23-14(21)18(5-6-19)9-12-11(16)7-10(8-17-12)13(20)22-4;1-15(2,3)22-14(19)17-5-6-21-12-7-10(13(18)20-4)8-16-11(12)9-17;1-16-11(15)8-6-9(12)10(13-7-8)4-2-3-5-14;1-14-10(13)7-4-9-8(12-5-7)6-11-2-3-15-9;1-13-8(12)5-2-6(10)7(3-9)11-4-5;1-5-7(9)3-6(4-10-5)8(11)12-2;2*1-12-7(11)4-2-5(8)6(9)10-3-4/h3-6,9-10H,7-8,11H2,1-2H3,(H,20,23);7-8,19H,5-6,9H2,1-4H3;7-8H,5-6,9H2,1-4H3;6-7,14H,2-5H2,1H3;4-5,11H,2-3,6H2,1H3;2,4H,3H2,1H3;3-4H,1-2H3;2*2-3H,1H3. The molecular formula is C99H111Br7ClIN14O28. The maximum atomic E-state index is 12.5. The number of nitrogens with one attached hydrogen (secondary N) is 2. The molecule has 3 aliphatic heterocycles. The molecule has 0 fully saturated rings. The molecule has 1 aromatic carbocycles. The molecule has 42 nitrogen and oxygen atoms in total. The number of nitrogens with zero attached hydrogens (tertiary/aromatic N) is 12. The van der Waals surface area contributed by atoms with Gasteiger partial charge in [-0.2, -0.15) is 0 Å². The van der Waals surface area contributed by atoms with Gasteiger partial charge in [0.05, 0.1) is 191 Å². The molecule has 12 heterocycles. The molecule has 4 amide bonds. The second kappa shape index (κ2) is 66.2. The average Bonchev–Trinajstić information content (AvgIpc) is 1.15. The first-order valence-electron chi connectivity index (χ1n) is 44.5. The van der Waals surface area contributed by atoms with Crippen LogP contribution in [0.3, 0.4) is 0 Å². The highest BCUT2D eigenvalue weighted by atomic mass is 127. The zero-order valence-corrected chi connectivity index (χ0v) is 98.5. The van der Waals surface area contributed by atoms with Gasteiger partial charge in [0.25, 0.3) is 0 Å². The summed E-state index contributed by atoms with van der Waals surface area (Å²) in [6.45, 7) is 18.8. The quantitative estimate of drug-likeness (QED) is 0.0146. The Morgan fingerprint density at radius 1 is 0.433 bits per heavy atom. The molecule has 9 aromatic heterocycles. The van der Waals surface area contributed by atoms with E-state index in [9.17, 15) is 57.5 Å². The van der Waals surface area contributed by atoms with Gasteiger partial charge in [0.15, 0.2) is 0 Å². The number of hydrogen-bond acceptors (Lipinski definition) is 38. The lowest BCUT2D eigenvalue weighted by Crippen LogP contribution is -2.38. The number of unbranched alkanes of at least 4 members (excludes halogenated alkanes) is 1. The maximum Gasteiger partial charge on any atom is 0.410 e. The monoisotopic (exact) mass is 2660 g/mol. The summed E-state index contributed by atoms with van der Waals surface area (Å²) in [7, 11) is 11.9. The fraction of sp³-hybridized carbons (Fsp3) is 0.364. The van der Waals surface area contributed by atoms with E-state index in [0.717, 1.165) is 81.4 Å². The van der Waals surface area contributed by atoms with Crippen molar-refractivity contribution in [2.45, 2.75) is 117 Å². The van der Waals surface area contributed by atoms with Crippen LogP contribution in [0.2, 0.25) is 5.15 Å². The molecule has 4 N–H and O–H groups in total. The number of amides is 4. The topological polar surface area (TPSA) is 524 Å². The summed E-state index contributed by atoms with van der Waals surface area (Å²) >= 11 is 30.6. The van der Waals surface area contributed by atoms with Gasteiger partial charge in [-0.15, -0.1) is 0 Å². The van der Waals surface area contributed by atoms with Crippen molar-refractivity contribution >= 4 is 223 Å². The Morgan fingerprint density at radius 3 is 1.19 bits per heavy atom. The number of ether oxygens (including phenoxy) is 14. The number of carbonyl (C=O) groups excluding carboxylic acids is 12. The Balaban J connectivity index is 0.000000300. The van der Waals surface area contributed by atoms with E-state index in [1.807, 2.05) is 58.9 Å². The largest absolute Gasteiger partial charge is 0.490 e. The molecule has 51 heteroatoms. The maximum absolute atomic E-state index is 12.5.